The van der Waals surface area contributed by atoms with Gasteiger partial charge in [0, 0.05) is 0 Å². The Kier molecular flexibility index (Phi) is 4.45. The van der Waals surface area contributed by atoms with Crippen LogP contribution in [-0.2, 0) is 19.9 Å². The molecule has 0 radical (unpaired) electrons. The number of carbonyl (C=O) groups excluding carboxylic acids is 3. The van der Waals surface area contributed by atoms with Crippen molar-refractivity contribution >= 4 is 17.9 Å². The molecule has 0 aromatic heterocycles. The Bertz CT molecular complexity index is 621. The normalized spacial score (nSPS) is 21.3. The zero-order valence-electron chi connectivity index (χ0n) is 13.9. The molecule has 0 unspecified atom stereocenters. The van der Waals surface area contributed by atoms with Crippen LogP contribution in [0.2, 0.25) is 0 Å². The Morgan fingerprint density at radius 1 is 1.22 bits per heavy atom. The van der Waals surface area contributed by atoms with Crippen molar-refractivity contribution in [2.24, 2.45) is 0 Å². The molecule has 1 saturated heterocycles. The Hall–Kier alpha value is -2.37. The van der Waals surface area contributed by atoms with Crippen molar-refractivity contribution in [1.82, 2.24) is 10.2 Å². The zero-order valence-corrected chi connectivity index (χ0v) is 13.9. The minimum absolute atomic E-state index is 0.392. The van der Waals surface area contributed by atoms with E-state index in [-0.39, 0.29) is 0 Å². The van der Waals surface area contributed by atoms with E-state index in [9.17, 15) is 14.4 Å². The summed E-state index contributed by atoms with van der Waals surface area (Å²) >= 11 is 0. The van der Waals surface area contributed by atoms with Crippen LogP contribution in [0.3, 0.4) is 0 Å². The Balaban J connectivity index is 2.24. The quantitative estimate of drug-likeness (QED) is 0.682. The summed E-state index contributed by atoms with van der Waals surface area (Å²) < 4.78 is 5.19. The highest BCUT2D eigenvalue weighted by Gasteiger charge is 2.51. The molecule has 0 spiro atoms. The molecule has 1 aromatic carbocycles. The van der Waals surface area contributed by atoms with E-state index in [1.807, 2.05) is 25.1 Å². The van der Waals surface area contributed by atoms with Gasteiger partial charge in [0.15, 0.2) is 0 Å². The van der Waals surface area contributed by atoms with Crippen molar-refractivity contribution in [2.45, 2.75) is 45.3 Å². The van der Waals surface area contributed by atoms with E-state index in [2.05, 4.69) is 5.32 Å². The third-order valence-corrected chi connectivity index (χ3v) is 3.68. The smallest absolute Gasteiger partial charge is 0.326 e. The predicted molar refractivity (Wildman–Crippen MR) is 84.5 cm³/mol. The first kappa shape index (κ1) is 17.0. The summed E-state index contributed by atoms with van der Waals surface area (Å²) in [7, 11) is 0. The molecule has 1 aromatic rings. The van der Waals surface area contributed by atoms with Crippen LogP contribution in [0.15, 0.2) is 30.3 Å². The van der Waals surface area contributed by atoms with Gasteiger partial charge in [0.1, 0.15) is 17.7 Å². The molecule has 1 atom stereocenters. The SMILES string of the molecule is CC[C@]1(c2ccccc2)NC(=O)N(CC(=O)OC(C)(C)C)C1=O. The minimum atomic E-state index is -1.12. The summed E-state index contributed by atoms with van der Waals surface area (Å²) in [6.07, 6.45) is 0.395. The van der Waals surface area contributed by atoms with Crippen LogP contribution >= 0.6 is 0 Å². The number of nitrogens with one attached hydrogen (secondary N) is 1. The number of ether oxygens (including phenoxy) is 1. The highest BCUT2D eigenvalue weighted by atomic mass is 16.6. The minimum Gasteiger partial charge on any atom is -0.459 e. The van der Waals surface area contributed by atoms with E-state index in [4.69, 9.17) is 4.74 Å². The standard InChI is InChI=1S/C17H22N2O4/c1-5-17(12-9-7-6-8-10-12)14(21)19(15(22)18-17)11-13(20)23-16(2,3)4/h6-10H,5,11H2,1-4H3,(H,18,22)/t17-/m1/s1. The number of amides is 3. The molecule has 23 heavy (non-hydrogen) atoms. The molecule has 1 aliphatic rings. The fraction of sp³-hybridized carbons (Fsp3) is 0.471. The second-order valence-electron chi connectivity index (χ2n) is 6.53. The van der Waals surface area contributed by atoms with Gasteiger partial charge in [-0.1, -0.05) is 37.3 Å². The van der Waals surface area contributed by atoms with Crippen molar-refractivity contribution < 1.29 is 19.1 Å². The molecule has 1 aliphatic heterocycles. The van der Waals surface area contributed by atoms with Crippen molar-refractivity contribution in [3.8, 4) is 0 Å². The number of esters is 1. The zero-order chi connectivity index (χ0) is 17.3. The monoisotopic (exact) mass is 318 g/mol. The topological polar surface area (TPSA) is 75.7 Å². The number of carbonyl (C=O) groups is 3. The summed E-state index contributed by atoms with van der Waals surface area (Å²) in [5.41, 5.74) is -1.09. The van der Waals surface area contributed by atoms with E-state index < -0.39 is 35.6 Å². The highest BCUT2D eigenvalue weighted by Crippen LogP contribution is 2.32. The van der Waals surface area contributed by atoms with E-state index in [1.54, 1.807) is 32.9 Å². The van der Waals surface area contributed by atoms with Crippen molar-refractivity contribution in [3.63, 3.8) is 0 Å². The number of imide groups is 1. The lowest BCUT2D eigenvalue weighted by Gasteiger charge is -2.26. The Labute approximate surface area is 135 Å². The van der Waals surface area contributed by atoms with Gasteiger partial charge in [-0.3, -0.25) is 14.5 Å². The molecule has 1 fully saturated rings. The summed E-state index contributed by atoms with van der Waals surface area (Å²) in [5, 5.41) is 2.73. The first-order valence-corrected chi connectivity index (χ1v) is 7.61. The molecule has 124 valence electrons. The van der Waals surface area contributed by atoms with Crippen molar-refractivity contribution in [2.75, 3.05) is 6.54 Å². The van der Waals surface area contributed by atoms with E-state index in [0.29, 0.717) is 12.0 Å². The fourth-order valence-corrected chi connectivity index (χ4v) is 2.63. The van der Waals surface area contributed by atoms with Gasteiger partial charge >= 0.3 is 12.0 Å². The van der Waals surface area contributed by atoms with Gasteiger partial charge in [-0.05, 0) is 32.8 Å². The number of hydrogen-bond acceptors (Lipinski definition) is 4. The van der Waals surface area contributed by atoms with Crippen molar-refractivity contribution in [1.29, 1.82) is 0 Å². The molecular weight excluding hydrogens is 296 g/mol. The van der Waals surface area contributed by atoms with Crippen LogP contribution in [0, 0.1) is 0 Å². The maximum Gasteiger partial charge on any atom is 0.326 e. The van der Waals surface area contributed by atoms with E-state index >= 15 is 0 Å². The fourth-order valence-electron chi connectivity index (χ4n) is 2.63. The second-order valence-corrected chi connectivity index (χ2v) is 6.53. The molecule has 0 saturated carbocycles. The number of urea groups is 1. The average molecular weight is 318 g/mol. The van der Waals surface area contributed by atoms with Crippen LogP contribution < -0.4 is 5.32 Å². The lowest BCUT2D eigenvalue weighted by atomic mass is 9.87. The number of benzene rings is 1. The molecule has 0 bridgehead atoms. The lowest BCUT2D eigenvalue weighted by Crippen LogP contribution is -2.44. The van der Waals surface area contributed by atoms with Crippen LogP contribution in [0.4, 0.5) is 4.79 Å². The molecule has 3 amide bonds. The predicted octanol–water partition coefficient (Wildman–Crippen LogP) is 2.19. The maximum atomic E-state index is 12.8. The van der Waals surface area contributed by atoms with Gasteiger partial charge in [0.2, 0.25) is 0 Å². The lowest BCUT2D eigenvalue weighted by molar-refractivity contribution is -0.157. The summed E-state index contributed by atoms with van der Waals surface area (Å²) in [6, 6.07) is 8.46. The van der Waals surface area contributed by atoms with Crippen molar-refractivity contribution in [3.05, 3.63) is 35.9 Å². The number of nitrogens with zero attached hydrogens (tertiary/aromatic N) is 1. The van der Waals surface area contributed by atoms with Crippen LogP contribution in [0.1, 0.15) is 39.7 Å². The van der Waals surface area contributed by atoms with E-state index in [0.717, 1.165) is 4.90 Å². The molecular formula is C17H22N2O4. The third kappa shape index (κ3) is 3.36. The first-order valence-electron chi connectivity index (χ1n) is 7.61. The molecule has 6 nitrogen and oxygen atoms in total. The van der Waals surface area contributed by atoms with Crippen LogP contribution in [0.25, 0.3) is 0 Å². The largest absolute Gasteiger partial charge is 0.459 e. The van der Waals surface area contributed by atoms with E-state index in [1.165, 1.54) is 0 Å². The summed E-state index contributed by atoms with van der Waals surface area (Å²) in [4.78, 5) is 37.9. The molecule has 2 rings (SSSR count). The molecule has 6 heteroatoms. The van der Waals surface area contributed by atoms with Gasteiger partial charge in [0.05, 0.1) is 0 Å². The maximum absolute atomic E-state index is 12.8. The highest BCUT2D eigenvalue weighted by molar-refractivity contribution is 6.09. The molecule has 1 heterocycles. The molecule has 0 aliphatic carbocycles. The molecule has 1 N–H and O–H groups in total. The first-order chi connectivity index (χ1) is 10.7. The summed E-state index contributed by atoms with van der Waals surface area (Å²) in [6.45, 7) is 6.63. The van der Waals surface area contributed by atoms with Crippen LogP contribution in [-0.4, -0.2) is 35.0 Å². The van der Waals surface area contributed by atoms with Gasteiger partial charge in [-0.15, -0.1) is 0 Å². The third-order valence-electron chi connectivity index (χ3n) is 3.68. The Morgan fingerprint density at radius 2 is 1.83 bits per heavy atom. The second kappa shape index (κ2) is 6.02. The van der Waals surface area contributed by atoms with Crippen LogP contribution in [0.5, 0.6) is 0 Å². The summed E-state index contributed by atoms with van der Waals surface area (Å²) in [5.74, 6) is -1.04. The van der Waals surface area contributed by atoms with Gasteiger partial charge in [-0.25, -0.2) is 4.79 Å². The van der Waals surface area contributed by atoms with Gasteiger partial charge in [0.25, 0.3) is 5.91 Å². The number of hydrogen-bond donors (Lipinski definition) is 1. The Morgan fingerprint density at radius 3 is 2.35 bits per heavy atom. The van der Waals surface area contributed by atoms with Gasteiger partial charge in [-0.2, -0.15) is 0 Å². The average Bonchev–Trinajstić information content (AvgIpc) is 2.71. The van der Waals surface area contributed by atoms with Gasteiger partial charge < -0.3 is 10.1 Å². The number of rotatable bonds is 4.